The van der Waals surface area contributed by atoms with Gasteiger partial charge in [0.05, 0.1) is 16.9 Å². The van der Waals surface area contributed by atoms with Gasteiger partial charge in [-0.2, -0.15) is 5.10 Å². The van der Waals surface area contributed by atoms with Gasteiger partial charge in [-0.25, -0.2) is 4.68 Å². The van der Waals surface area contributed by atoms with Crippen LogP contribution in [0, 0.1) is 6.92 Å². The van der Waals surface area contributed by atoms with Crippen molar-refractivity contribution >= 4 is 34.0 Å². The second-order valence-electron chi connectivity index (χ2n) is 3.87. The van der Waals surface area contributed by atoms with Crippen LogP contribution < -0.4 is 0 Å². The van der Waals surface area contributed by atoms with E-state index in [4.69, 9.17) is 23.2 Å². The molecule has 2 heterocycles. The summed E-state index contributed by atoms with van der Waals surface area (Å²) in [5, 5.41) is 15.0. The zero-order chi connectivity index (χ0) is 12.7. The smallest absolute Gasteiger partial charge is 0.183 e. The third-order valence-electron chi connectivity index (χ3n) is 2.68. The SMILES string of the molecule is Cc1nn(-c2nnc(Cl)c3ccccc23)cc1Cl. The average Bonchev–Trinajstić information content (AvgIpc) is 2.70. The molecule has 0 aliphatic heterocycles. The molecular weight excluding hydrogens is 271 g/mol. The molecule has 0 saturated heterocycles. The van der Waals surface area contributed by atoms with Crippen LogP contribution in [0.3, 0.4) is 0 Å². The van der Waals surface area contributed by atoms with Crippen LogP contribution in [0.25, 0.3) is 16.6 Å². The highest BCUT2D eigenvalue weighted by Crippen LogP contribution is 2.25. The van der Waals surface area contributed by atoms with Crippen molar-refractivity contribution in [3.63, 3.8) is 0 Å². The Hall–Kier alpha value is -1.65. The van der Waals surface area contributed by atoms with Gasteiger partial charge in [0.15, 0.2) is 11.0 Å². The average molecular weight is 279 g/mol. The Bertz CT molecular complexity index is 717. The molecule has 0 saturated carbocycles. The fourth-order valence-electron chi connectivity index (χ4n) is 1.77. The van der Waals surface area contributed by atoms with E-state index >= 15 is 0 Å². The fraction of sp³-hybridized carbons (Fsp3) is 0.0833. The Morgan fingerprint density at radius 1 is 1.06 bits per heavy atom. The number of benzene rings is 1. The van der Waals surface area contributed by atoms with Gasteiger partial charge in [0.25, 0.3) is 0 Å². The lowest BCUT2D eigenvalue weighted by Gasteiger charge is -2.05. The molecule has 18 heavy (non-hydrogen) atoms. The highest BCUT2D eigenvalue weighted by Gasteiger charge is 2.11. The molecule has 0 spiro atoms. The first-order valence-electron chi connectivity index (χ1n) is 5.30. The Balaban J connectivity index is 2.33. The molecule has 90 valence electrons. The van der Waals surface area contributed by atoms with E-state index < -0.39 is 0 Å². The van der Waals surface area contributed by atoms with Gasteiger partial charge >= 0.3 is 0 Å². The number of nitrogens with zero attached hydrogens (tertiary/aromatic N) is 4. The molecule has 1 aromatic carbocycles. The molecular formula is C12H8Cl2N4. The molecule has 0 N–H and O–H groups in total. The Kier molecular flexibility index (Phi) is 2.69. The lowest BCUT2D eigenvalue weighted by Crippen LogP contribution is -2.01. The van der Waals surface area contributed by atoms with Crippen LogP contribution in [0.2, 0.25) is 10.2 Å². The summed E-state index contributed by atoms with van der Waals surface area (Å²) >= 11 is 12.0. The van der Waals surface area contributed by atoms with Gasteiger partial charge in [-0.3, -0.25) is 0 Å². The fourth-order valence-corrected chi connectivity index (χ4v) is 2.11. The quantitative estimate of drug-likeness (QED) is 0.685. The van der Waals surface area contributed by atoms with Crippen molar-refractivity contribution < 1.29 is 0 Å². The van der Waals surface area contributed by atoms with Crippen molar-refractivity contribution in [3.05, 3.63) is 46.3 Å². The van der Waals surface area contributed by atoms with Crippen molar-refractivity contribution in [1.82, 2.24) is 20.0 Å². The van der Waals surface area contributed by atoms with Crippen LogP contribution in [0.15, 0.2) is 30.5 Å². The van der Waals surface area contributed by atoms with E-state index in [1.54, 1.807) is 10.9 Å². The van der Waals surface area contributed by atoms with E-state index in [2.05, 4.69) is 15.3 Å². The predicted molar refractivity (Wildman–Crippen MR) is 71.4 cm³/mol. The maximum Gasteiger partial charge on any atom is 0.183 e. The largest absolute Gasteiger partial charge is 0.218 e. The van der Waals surface area contributed by atoms with Crippen molar-refractivity contribution in [2.45, 2.75) is 6.92 Å². The summed E-state index contributed by atoms with van der Waals surface area (Å²) in [5.41, 5.74) is 0.748. The third-order valence-corrected chi connectivity index (χ3v) is 3.33. The van der Waals surface area contributed by atoms with E-state index in [9.17, 15) is 0 Å². The minimum Gasteiger partial charge on any atom is -0.218 e. The lowest BCUT2D eigenvalue weighted by molar-refractivity contribution is 0.814. The molecule has 0 unspecified atom stereocenters. The first-order valence-corrected chi connectivity index (χ1v) is 6.05. The molecule has 4 nitrogen and oxygen atoms in total. The van der Waals surface area contributed by atoms with Crippen molar-refractivity contribution in [3.8, 4) is 5.82 Å². The van der Waals surface area contributed by atoms with Gasteiger partial charge in [-0.1, -0.05) is 47.5 Å². The van der Waals surface area contributed by atoms with Gasteiger partial charge < -0.3 is 0 Å². The number of aryl methyl sites for hydroxylation is 1. The second kappa shape index (κ2) is 4.23. The molecule has 0 radical (unpaired) electrons. The summed E-state index contributed by atoms with van der Waals surface area (Å²) in [6.07, 6.45) is 1.71. The topological polar surface area (TPSA) is 43.6 Å². The predicted octanol–water partition coefficient (Wildman–Crippen LogP) is 3.43. The van der Waals surface area contributed by atoms with Crippen LogP contribution in [-0.2, 0) is 0 Å². The zero-order valence-corrected chi connectivity index (χ0v) is 10.9. The molecule has 0 amide bonds. The van der Waals surface area contributed by atoms with E-state index in [1.807, 2.05) is 31.2 Å². The minimum absolute atomic E-state index is 0.379. The first-order chi connectivity index (χ1) is 8.66. The van der Waals surface area contributed by atoms with Gasteiger partial charge in [-0.15, -0.1) is 10.2 Å². The normalized spacial score (nSPS) is 11.1. The molecule has 6 heteroatoms. The summed E-state index contributed by atoms with van der Waals surface area (Å²) in [5.74, 6) is 0.616. The van der Waals surface area contributed by atoms with Gasteiger partial charge in [0.2, 0.25) is 0 Å². The zero-order valence-electron chi connectivity index (χ0n) is 9.43. The van der Waals surface area contributed by atoms with Crippen LogP contribution in [0.5, 0.6) is 0 Å². The number of hydrogen-bond acceptors (Lipinski definition) is 3. The summed E-state index contributed by atoms with van der Waals surface area (Å²) < 4.78 is 1.61. The lowest BCUT2D eigenvalue weighted by atomic mass is 10.2. The molecule has 3 rings (SSSR count). The van der Waals surface area contributed by atoms with Gasteiger partial charge in [0.1, 0.15) is 0 Å². The van der Waals surface area contributed by atoms with Gasteiger partial charge in [-0.05, 0) is 6.92 Å². The highest BCUT2D eigenvalue weighted by molar-refractivity contribution is 6.34. The van der Waals surface area contributed by atoms with E-state index in [-0.39, 0.29) is 0 Å². The molecule has 3 aromatic rings. The number of hydrogen-bond donors (Lipinski definition) is 0. The van der Waals surface area contributed by atoms with Gasteiger partial charge in [0, 0.05) is 10.8 Å². The standard InChI is InChI=1S/C12H8Cl2N4/c1-7-10(13)6-18(17-7)12-9-5-3-2-4-8(9)11(14)15-16-12/h2-6H,1H3. The van der Waals surface area contributed by atoms with Crippen LogP contribution in [0.4, 0.5) is 0 Å². The maximum absolute atomic E-state index is 6.02. The number of rotatable bonds is 1. The van der Waals surface area contributed by atoms with Crippen LogP contribution in [-0.4, -0.2) is 20.0 Å². The van der Waals surface area contributed by atoms with E-state index in [0.717, 1.165) is 16.5 Å². The maximum atomic E-state index is 6.02. The Morgan fingerprint density at radius 3 is 2.44 bits per heavy atom. The summed E-state index contributed by atoms with van der Waals surface area (Å²) in [7, 11) is 0. The first kappa shape index (κ1) is 11.4. The summed E-state index contributed by atoms with van der Waals surface area (Å²) in [6, 6.07) is 7.65. The monoisotopic (exact) mass is 278 g/mol. The van der Waals surface area contributed by atoms with Crippen molar-refractivity contribution in [2.24, 2.45) is 0 Å². The highest BCUT2D eigenvalue weighted by atomic mass is 35.5. The van der Waals surface area contributed by atoms with Crippen molar-refractivity contribution in [1.29, 1.82) is 0 Å². The Labute approximate surface area is 113 Å². The van der Waals surface area contributed by atoms with Crippen LogP contribution in [0.1, 0.15) is 5.69 Å². The third kappa shape index (κ3) is 1.74. The molecule has 0 bridgehead atoms. The van der Waals surface area contributed by atoms with E-state index in [1.165, 1.54) is 0 Å². The molecule has 0 atom stereocenters. The summed E-state index contributed by atoms with van der Waals surface area (Å²) in [6.45, 7) is 1.84. The number of aromatic nitrogens is 4. The second-order valence-corrected chi connectivity index (χ2v) is 4.63. The molecule has 0 fully saturated rings. The minimum atomic E-state index is 0.379. The number of fused-ring (bicyclic) bond motifs is 1. The number of halogens is 2. The van der Waals surface area contributed by atoms with Crippen molar-refractivity contribution in [2.75, 3.05) is 0 Å². The molecule has 2 aromatic heterocycles. The molecule has 0 aliphatic carbocycles. The Morgan fingerprint density at radius 2 is 1.78 bits per heavy atom. The van der Waals surface area contributed by atoms with Crippen LogP contribution >= 0.6 is 23.2 Å². The summed E-state index contributed by atoms with van der Waals surface area (Å²) in [4.78, 5) is 0. The molecule has 0 aliphatic rings. The van der Waals surface area contributed by atoms with E-state index in [0.29, 0.717) is 16.0 Å².